The second-order valence-corrected chi connectivity index (χ2v) is 13.5. The fourth-order valence-corrected chi connectivity index (χ4v) is 7.62. The van der Waals surface area contributed by atoms with Gasteiger partial charge in [-0.05, 0) is 64.7 Å². The largest absolute Gasteiger partial charge is 0.456 e. The summed E-state index contributed by atoms with van der Waals surface area (Å²) < 4.78 is 8.34. The summed E-state index contributed by atoms with van der Waals surface area (Å²) in [4.78, 5) is 15.4. The molecule has 0 aliphatic carbocycles. The number of rotatable bonds is 5. The van der Waals surface area contributed by atoms with Gasteiger partial charge < -0.3 is 4.42 Å². The molecule has 0 bridgehead atoms. The van der Waals surface area contributed by atoms with E-state index in [-0.39, 0.29) is 27.3 Å². The second kappa shape index (κ2) is 12.8. The highest BCUT2D eigenvalue weighted by atomic mass is 16.3. The van der Waals surface area contributed by atoms with Crippen LogP contribution in [0.15, 0.2) is 144 Å². The summed E-state index contributed by atoms with van der Waals surface area (Å²) in [5.41, 5.74) is 9.54. The maximum atomic E-state index is 6.62. The Morgan fingerprint density at radius 1 is 0.418 bits per heavy atom. The van der Waals surface area contributed by atoms with Gasteiger partial charge in [0, 0.05) is 32.7 Å². The highest BCUT2D eigenvalue weighted by Gasteiger charge is 2.22. The Morgan fingerprint density at radius 3 is 1.65 bits per heavy atom. The number of hydrogen-bond donors (Lipinski definition) is 0. The van der Waals surface area contributed by atoms with Crippen LogP contribution >= 0.6 is 0 Å². The highest BCUT2D eigenvalue weighted by Crippen LogP contribution is 2.38. The van der Waals surface area contributed by atoms with Gasteiger partial charge in [-0.15, -0.1) is 16.4 Å². The van der Waals surface area contributed by atoms with Gasteiger partial charge in [-0.3, -0.25) is 4.57 Å². The standard InChI is InChI=1S/C45H23B5N4O/c46-38-37(39(47)41(49)42(50)40(38)48)29-15-9-17-33-36(29)28-14-7-8-16-32(28)54(33)45-52-43(25-12-5-2-6-13-25)51-44(53-45)27-19-21-35-31(23-27)30-22-26(18-20-34(30)55-35)24-10-3-1-4-11-24/h1-23H. The SMILES string of the molecule is [B]c1c([B])c([B])c(-c2cccc3c2c2ccccc2n3-c2nc(-c3ccccc3)nc(-c3ccc4oc5ccc(-c6ccccc6)cc5c4c3)n2)c([B])c1[B]. The van der Waals surface area contributed by atoms with Crippen LogP contribution in [0.4, 0.5) is 0 Å². The van der Waals surface area contributed by atoms with Crippen molar-refractivity contribution in [2.75, 3.05) is 0 Å². The fourth-order valence-electron chi connectivity index (χ4n) is 7.62. The van der Waals surface area contributed by atoms with Crippen molar-refractivity contribution in [2.24, 2.45) is 0 Å². The van der Waals surface area contributed by atoms with E-state index in [0.29, 0.717) is 23.2 Å². The van der Waals surface area contributed by atoms with Crippen molar-refractivity contribution < 1.29 is 4.42 Å². The molecule has 55 heavy (non-hydrogen) atoms. The summed E-state index contributed by atoms with van der Waals surface area (Å²) in [5, 5.41) is 3.79. The van der Waals surface area contributed by atoms with Crippen LogP contribution in [0.2, 0.25) is 0 Å². The molecular weight excluding hydrogens is 667 g/mol. The number of nitrogens with zero attached hydrogens (tertiary/aromatic N) is 4. The molecule has 0 saturated carbocycles. The minimum Gasteiger partial charge on any atom is -0.456 e. The monoisotopic (exact) mass is 690 g/mol. The molecule has 10 radical (unpaired) electrons. The molecule has 10 heteroatoms. The molecule has 0 aliphatic heterocycles. The minimum atomic E-state index is 0.165. The maximum absolute atomic E-state index is 6.62. The van der Waals surface area contributed by atoms with Crippen molar-refractivity contribution >= 4 is 110 Å². The first-order valence-corrected chi connectivity index (χ1v) is 17.7. The first-order valence-electron chi connectivity index (χ1n) is 17.7. The predicted molar refractivity (Wildman–Crippen MR) is 230 cm³/mol. The van der Waals surface area contributed by atoms with Crippen LogP contribution in [0.1, 0.15) is 0 Å². The van der Waals surface area contributed by atoms with E-state index in [9.17, 15) is 0 Å². The Hall–Kier alpha value is -6.53. The smallest absolute Gasteiger partial charge is 0.238 e. The third-order valence-electron chi connectivity index (χ3n) is 10.4. The van der Waals surface area contributed by atoms with E-state index in [1.54, 1.807) is 0 Å². The van der Waals surface area contributed by atoms with Crippen molar-refractivity contribution in [3.05, 3.63) is 140 Å². The molecule has 3 aromatic heterocycles. The Morgan fingerprint density at radius 2 is 0.964 bits per heavy atom. The van der Waals surface area contributed by atoms with Crippen LogP contribution in [0.5, 0.6) is 0 Å². The molecule has 0 atom stereocenters. The van der Waals surface area contributed by atoms with Gasteiger partial charge in [-0.2, -0.15) is 9.97 Å². The Balaban J connectivity index is 1.22. The molecule has 3 heterocycles. The molecule has 0 fully saturated rings. The molecule has 10 aromatic rings. The number of aromatic nitrogens is 4. The van der Waals surface area contributed by atoms with Crippen LogP contribution in [0.25, 0.3) is 94.7 Å². The zero-order valence-corrected chi connectivity index (χ0v) is 29.4. The van der Waals surface area contributed by atoms with Crippen molar-refractivity contribution in [2.45, 2.75) is 0 Å². The van der Waals surface area contributed by atoms with Gasteiger partial charge >= 0.3 is 0 Å². The molecule has 0 aliphatic rings. The lowest BCUT2D eigenvalue weighted by molar-refractivity contribution is 0.669. The lowest BCUT2D eigenvalue weighted by Crippen LogP contribution is -2.55. The Kier molecular flexibility index (Phi) is 7.70. The fraction of sp³-hybridized carbons (Fsp3) is 0. The van der Waals surface area contributed by atoms with Crippen molar-refractivity contribution in [1.82, 2.24) is 19.5 Å². The molecule has 244 valence electrons. The molecule has 7 aromatic carbocycles. The van der Waals surface area contributed by atoms with Crippen molar-refractivity contribution in [1.29, 1.82) is 0 Å². The molecule has 0 N–H and O–H groups in total. The van der Waals surface area contributed by atoms with Crippen LogP contribution in [0, 0.1) is 0 Å². The average Bonchev–Trinajstić information content (AvgIpc) is 3.78. The van der Waals surface area contributed by atoms with Gasteiger partial charge in [0.1, 0.15) is 50.4 Å². The van der Waals surface area contributed by atoms with E-state index in [1.807, 2.05) is 108 Å². The first-order chi connectivity index (χ1) is 26.9. The Labute approximate surface area is 323 Å². The summed E-state index contributed by atoms with van der Waals surface area (Å²) in [6.45, 7) is 0. The summed E-state index contributed by atoms with van der Waals surface area (Å²) in [7, 11) is 32.1. The molecule has 0 spiro atoms. The number of para-hydroxylation sites is 1. The zero-order chi connectivity index (χ0) is 37.4. The lowest BCUT2D eigenvalue weighted by Gasteiger charge is -2.22. The van der Waals surface area contributed by atoms with Crippen LogP contribution < -0.4 is 27.3 Å². The average molecular weight is 690 g/mol. The third-order valence-corrected chi connectivity index (χ3v) is 10.4. The van der Waals surface area contributed by atoms with Gasteiger partial charge in [-0.1, -0.05) is 108 Å². The first kappa shape index (κ1) is 33.1. The lowest BCUT2D eigenvalue weighted by atomic mass is 9.59. The van der Waals surface area contributed by atoms with Crippen molar-refractivity contribution in [3.8, 4) is 51.0 Å². The topological polar surface area (TPSA) is 56.7 Å². The predicted octanol–water partition coefficient (Wildman–Crippen LogP) is 5.51. The second-order valence-electron chi connectivity index (χ2n) is 13.5. The molecule has 0 saturated heterocycles. The van der Waals surface area contributed by atoms with E-state index in [2.05, 4.69) is 36.4 Å². The molecule has 5 nitrogen and oxygen atoms in total. The van der Waals surface area contributed by atoms with Crippen molar-refractivity contribution in [3.63, 3.8) is 0 Å². The van der Waals surface area contributed by atoms with E-state index in [0.717, 1.165) is 71.6 Å². The quantitative estimate of drug-likeness (QED) is 0.224. The molecule has 0 unspecified atom stereocenters. The van der Waals surface area contributed by atoms with E-state index < -0.39 is 0 Å². The maximum Gasteiger partial charge on any atom is 0.238 e. The minimum absolute atomic E-state index is 0.165. The van der Waals surface area contributed by atoms with Gasteiger partial charge in [-0.25, -0.2) is 4.98 Å². The van der Waals surface area contributed by atoms with Gasteiger partial charge in [0.2, 0.25) is 5.95 Å². The summed E-state index contributed by atoms with van der Waals surface area (Å²) in [5.74, 6) is 1.47. The van der Waals surface area contributed by atoms with Gasteiger partial charge in [0.15, 0.2) is 11.6 Å². The molecular formula is C45H23B5N4O. The number of fused-ring (bicyclic) bond motifs is 6. The van der Waals surface area contributed by atoms with E-state index in [4.69, 9.17) is 58.6 Å². The van der Waals surface area contributed by atoms with E-state index >= 15 is 0 Å². The highest BCUT2D eigenvalue weighted by molar-refractivity contribution is 6.69. The van der Waals surface area contributed by atoms with Crippen LogP contribution in [-0.2, 0) is 0 Å². The van der Waals surface area contributed by atoms with Crippen LogP contribution in [-0.4, -0.2) is 58.8 Å². The van der Waals surface area contributed by atoms with Gasteiger partial charge in [0.25, 0.3) is 0 Å². The third kappa shape index (κ3) is 5.27. The zero-order valence-electron chi connectivity index (χ0n) is 29.4. The summed E-state index contributed by atoms with van der Waals surface area (Å²) in [6.07, 6.45) is 0. The normalized spacial score (nSPS) is 11.6. The molecule has 0 amide bonds. The Bertz CT molecular complexity index is 3130. The van der Waals surface area contributed by atoms with Crippen LogP contribution in [0.3, 0.4) is 0 Å². The number of furan rings is 1. The van der Waals surface area contributed by atoms with Gasteiger partial charge in [0.05, 0.1) is 11.0 Å². The summed E-state index contributed by atoms with van der Waals surface area (Å²) >= 11 is 0. The number of hydrogen-bond acceptors (Lipinski definition) is 4. The summed E-state index contributed by atoms with van der Waals surface area (Å²) in [6, 6.07) is 46.5. The molecule has 10 rings (SSSR count). The van der Waals surface area contributed by atoms with E-state index in [1.165, 1.54) is 0 Å². The number of benzene rings is 7.